The van der Waals surface area contributed by atoms with Gasteiger partial charge in [0, 0.05) is 42.8 Å². The van der Waals surface area contributed by atoms with Crippen molar-refractivity contribution in [2.75, 3.05) is 31.1 Å². The summed E-state index contributed by atoms with van der Waals surface area (Å²) in [6.45, 7) is 7.04. The van der Waals surface area contributed by atoms with E-state index in [1.807, 2.05) is 37.4 Å². The van der Waals surface area contributed by atoms with Crippen LogP contribution in [0.25, 0.3) is 0 Å². The number of halogens is 1. The number of nitrogens with zero attached hydrogens (tertiary/aromatic N) is 2. The third-order valence-corrected chi connectivity index (χ3v) is 8.40. The summed E-state index contributed by atoms with van der Waals surface area (Å²) in [4.78, 5) is 6.00. The van der Waals surface area contributed by atoms with Crippen LogP contribution in [0.2, 0.25) is 0 Å². The van der Waals surface area contributed by atoms with Crippen molar-refractivity contribution in [3.05, 3.63) is 82.3 Å². The van der Waals surface area contributed by atoms with Crippen molar-refractivity contribution >= 4 is 27.0 Å². The minimum atomic E-state index is -3.63. The van der Waals surface area contributed by atoms with Gasteiger partial charge >= 0.3 is 0 Å². The third-order valence-electron chi connectivity index (χ3n) is 5.88. The van der Waals surface area contributed by atoms with Gasteiger partial charge in [-0.05, 0) is 61.7 Å². The van der Waals surface area contributed by atoms with Gasteiger partial charge in [-0.15, -0.1) is 11.3 Å². The highest BCUT2D eigenvalue weighted by Gasteiger charge is 2.32. The minimum absolute atomic E-state index is 0.0643. The molecule has 0 aliphatic carbocycles. The molecule has 0 amide bonds. The lowest BCUT2D eigenvalue weighted by molar-refractivity contribution is 0.164. The molecule has 2 atom stereocenters. The number of benzene rings is 2. The van der Waals surface area contributed by atoms with Crippen LogP contribution in [-0.2, 0) is 10.0 Å². The van der Waals surface area contributed by atoms with Gasteiger partial charge in [0.25, 0.3) is 0 Å². The third kappa shape index (κ3) is 5.20. The van der Waals surface area contributed by atoms with Crippen LogP contribution in [0.5, 0.6) is 0 Å². The SMILES string of the molecule is Cc1ccc(S(=O)(=O)NC(C)C(c2cccs2)N2CCN(c3ccc(F)cc3)CC2)cc1. The fourth-order valence-corrected chi connectivity index (χ4v) is 6.42. The zero-order valence-corrected chi connectivity index (χ0v) is 19.9. The smallest absolute Gasteiger partial charge is 0.240 e. The van der Waals surface area contributed by atoms with Crippen molar-refractivity contribution in [2.45, 2.75) is 30.8 Å². The molecule has 1 aliphatic rings. The van der Waals surface area contributed by atoms with E-state index in [-0.39, 0.29) is 22.8 Å². The van der Waals surface area contributed by atoms with E-state index in [9.17, 15) is 12.8 Å². The number of hydrogen-bond donors (Lipinski definition) is 1. The van der Waals surface area contributed by atoms with Gasteiger partial charge in [0.05, 0.1) is 10.9 Å². The number of thiophene rings is 1. The van der Waals surface area contributed by atoms with Crippen molar-refractivity contribution < 1.29 is 12.8 Å². The lowest BCUT2D eigenvalue weighted by atomic mass is 10.1. The number of aryl methyl sites for hydroxylation is 1. The Balaban J connectivity index is 1.49. The van der Waals surface area contributed by atoms with Crippen LogP contribution in [0, 0.1) is 12.7 Å². The first-order chi connectivity index (χ1) is 15.3. The van der Waals surface area contributed by atoms with Gasteiger partial charge in [0.15, 0.2) is 0 Å². The molecule has 0 radical (unpaired) electrons. The van der Waals surface area contributed by atoms with Gasteiger partial charge in [0.1, 0.15) is 5.82 Å². The topological polar surface area (TPSA) is 52.7 Å². The zero-order chi connectivity index (χ0) is 22.7. The number of rotatable bonds is 7. The monoisotopic (exact) mass is 473 g/mol. The summed E-state index contributed by atoms with van der Waals surface area (Å²) in [7, 11) is -3.63. The predicted octanol–water partition coefficient (Wildman–Crippen LogP) is 4.43. The first-order valence-corrected chi connectivity index (χ1v) is 13.1. The highest BCUT2D eigenvalue weighted by atomic mass is 32.2. The Morgan fingerprint density at radius 2 is 1.62 bits per heavy atom. The standard InChI is InChI=1S/C24H28FN3O2S2/c1-18-5-11-22(12-6-18)32(29,30)26-19(2)24(23-4-3-17-31-23)28-15-13-27(14-16-28)21-9-7-20(25)8-10-21/h3-12,17,19,24,26H,13-16H2,1-2H3. The van der Waals surface area contributed by atoms with Gasteiger partial charge < -0.3 is 4.90 Å². The van der Waals surface area contributed by atoms with E-state index < -0.39 is 10.0 Å². The quantitative estimate of drug-likeness (QED) is 0.552. The van der Waals surface area contributed by atoms with Gasteiger partial charge in [-0.2, -0.15) is 0 Å². The summed E-state index contributed by atoms with van der Waals surface area (Å²) in [5, 5.41) is 2.03. The average Bonchev–Trinajstić information content (AvgIpc) is 3.29. The molecule has 2 aromatic carbocycles. The molecule has 5 nitrogen and oxygen atoms in total. The normalized spacial score (nSPS) is 17.3. The molecule has 1 N–H and O–H groups in total. The summed E-state index contributed by atoms with van der Waals surface area (Å²) >= 11 is 1.64. The first kappa shape index (κ1) is 22.9. The number of hydrogen-bond acceptors (Lipinski definition) is 5. The summed E-state index contributed by atoms with van der Waals surface area (Å²) in [5.41, 5.74) is 2.03. The molecular weight excluding hydrogens is 445 g/mol. The molecule has 1 aromatic heterocycles. The molecule has 32 heavy (non-hydrogen) atoms. The molecule has 0 bridgehead atoms. The summed E-state index contributed by atoms with van der Waals surface area (Å²) < 4.78 is 42.2. The van der Waals surface area contributed by atoms with E-state index >= 15 is 0 Å². The second-order valence-corrected chi connectivity index (χ2v) is 10.9. The summed E-state index contributed by atoms with van der Waals surface area (Å²) in [6, 6.07) is 17.2. The average molecular weight is 474 g/mol. The first-order valence-electron chi connectivity index (χ1n) is 10.7. The van der Waals surface area contributed by atoms with Crippen molar-refractivity contribution in [3.8, 4) is 0 Å². The van der Waals surface area contributed by atoms with Crippen LogP contribution in [0.4, 0.5) is 10.1 Å². The maximum absolute atomic E-state index is 13.3. The van der Waals surface area contributed by atoms with Crippen LogP contribution in [0.3, 0.4) is 0 Å². The van der Waals surface area contributed by atoms with Crippen LogP contribution in [-0.4, -0.2) is 45.5 Å². The second-order valence-electron chi connectivity index (χ2n) is 8.18. The van der Waals surface area contributed by atoms with Crippen molar-refractivity contribution in [2.24, 2.45) is 0 Å². The largest absolute Gasteiger partial charge is 0.369 e. The van der Waals surface area contributed by atoms with Gasteiger partial charge in [-0.1, -0.05) is 23.8 Å². The molecular formula is C24H28FN3O2S2. The maximum Gasteiger partial charge on any atom is 0.240 e. The molecule has 8 heteroatoms. The molecule has 1 saturated heterocycles. The molecule has 3 aromatic rings. The predicted molar refractivity (Wildman–Crippen MR) is 128 cm³/mol. The number of piperazine rings is 1. The second kappa shape index (κ2) is 9.70. The molecule has 170 valence electrons. The Kier molecular flexibility index (Phi) is 6.95. The molecule has 2 heterocycles. The van der Waals surface area contributed by atoms with Gasteiger partial charge in [-0.3, -0.25) is 4.90 Å². The molecule has 4 rings (SSSR count). The lowest BCUT2D eigenvalue weighted by Crippen LogP contribution is -2.52. The summed E-state index contributed by atoms with van der Waals surface area (Å²) in [5.74, 6) is -0.236. The van der Waals surface area contributed by atoms with Crippen molar-refractivity contribution in [1.29, 1.82) is 0 Å². The zero-order valence-electron chi connectivity index (χ0n) is 18.2. The van der Waals surface area contributed by atoms with Crippen LogP contribution in [0.15, 0.2) is 70.9 Å². The van der Waals surface area contributed by atoms with E-state index in [1.165, 1.54) is 12.1 Å². The van der Waals surface area contributed by atoms with E-state index in [4.69, 9.17) is 0 Å². The highest BCUT2D eigenvalue weighted by Crippen LogP contribution is 2.31. The lowest BCUT2D eigenvalue weighted by Gasteiger charge is -2.42. The number of nitrogens with one attached hydrogen (secondary N) is 1. The van der Waals surface area contributed by atoms with E-state index in [0.29, 0.717) is 0 Å². The maximum atomic E-state index is 13.3. The molecule has 0 spiro atoms. The summed E-state index contributed by atoms with van der Waals surface area (Å²) in [6.07, 6.45) is 0. The Bertz CT molecular complexity index is 1110. The minimum Gasteiger partial charge on any atom is -0.369 e. The molecule has 1 aliphatic heterocycles. The fourth-order valence-electron chi connectivity index (χ4n) is 4.21. The fraction of sp³-hybridized carbons (Fsp3) is 0.333. The van der Waals surface area contributed by atoms with Crippen molar-refractivity contribution in [3.63, 3.8) is 0 Å². The van der Waals surface area contributed by atoms with Crippen molar-refractivity contribution in [1.82, 2.24) is 9.62 Å². The Morgan fingerprint density at radius 1 is 0.969 bits per heavy atom. The van der Waals surface area contributed by atoms with Gasteiger partial charge in [-0.25, -0.2) is 17.5 Å². The Hall–Kier alpha value is -2.26. The van der Waals surface area contributed by atoms with Gasteiger partial charge in [0.2, 0.25) is 10.0 Å². The van der Waals surface area contributed by atoms with Crippen LogP contribution < -0.4 is 9.62 Å². The molecule has 0 saturated carbocycles. The number of sulfonamides is 1. The van der Waals surface area contributed by atoms with Crippen LogP contribution in [0.1, 0.15) is 23.4 Å². The highest BCUT2D eigenvalue weighted by molar-refractivity contribution is 7.89. The van der Waals surface area contributed by atoms with E-state index in [0.717, 1.165) is 42.3 Å². The van der Waals surface area contributed by atoms with E-state index in [2.05, 4.69) is 20.6 Å². The molecule has 2 unspecified atom stereocenters. The Morgan fingerprint density at radius 3 is 2.22 bits per heavy atom. The Labute approximate surface area is 193 Å². The number of anilines is 1. The molecule has 1 fully saturated rings. The van der Waals surface area contributed by atoms with Crippen LogP contribution >= 0.6 is 11.3 Å². The van der Waals surface area contributed by atoms with E-state index in [1.54, 1.807) is 35.6 Å².